The highest BCUT2D eigenvalue weighted by atomic mass is 32.2. The molecule has 1 N–H and O–H groups in total. The normalized spacial score (nSPS) is 14.5. The fourth-order valence-corrected chi connectivity index (χ4v) is 5.41. The number of thioether (sulfide) groups is 1. The number of H-pyrrole nitrogens is 1. The van der Waals surface area contributed by atoms with Crippen LogP contribution in [-0.2, 0) is 0 Å². The van der Waals surface area contributed by atoms with E-state index in [9.17, 15) is 14.4 Å². The zero-order chi connectivity index (χ0) is 21.4. The highest BCUT2D eigenvalue weighted by molar-refractivity contribution is 7.99. The van der Waals surface area contributed by atoms with E-state index in [1.165, 1.54) is 18.7 Å². The topological polar surface area (TPSA) is 84.8 Å². The first kappa shape index (κ1) is 20.6. The molecule has 2 heterocycles. The third kappa shape index (κ3) is 3.62. The average Bonchev–Trinajstić information content (AvgIpc) is 3.34. The Bertz CT molecular complexity index is 1200. The number of carbonyl (C=O) groups excluding carboxylic acids is 2. The summed E-state index contributed by atoms with van der Waals surface area (Å²) < 4.78 is 1.79. The van der Waals surface area contributed by atoms with Gasteiger partial charge in [-0.15, -0.1) is 0 Å². The molecule has 0 aliphatic heterocycles. The molecule has 1 aromatic carbocycles. The first-order valence-corrected chi connectivity index (χ1v) is 11.2. The minimum atomic E-state index is -0.103. The first-order valence-electron chi connectivity index (χ1n) is 10.3. The molecule has 0 saturated heterocycles. The van der Waals surface area contributed by atoms with Gasteiger partial charge in [0.25, 0.3) is 5.56 Å². The van der Waals surface area contributed by atoms with Crippen LogP contribution in [0.15, 0.2) is 34.2 Å². The molecule has 1 fully saturated rings. The van der Waals surface area contributed by atoms with Crippen molar-refractivity contribution in [1.29, 1.82) is 0 Å². The van der Waals surface area contributed by atoms with Gasteiger partial charge in [0.05, 0.1) is 22.3 Å². The van der Waals surface area contributed by atoms with Gasteiger partial charge in [0.2, 0.25) is 0 Å². The Morgan fingerprint density at radius 2 is 1.90 bits per heavy atom. The molecule has 1 aliphatic carbocycles. The molecule has 0 amide bonds. The molecule has 2 aromatic heterocycles. The van der Waals surface area contributed by atoms with E-state index in [1.54, 1.807) is 18.4 Å². The van der Waals surface area contributed by atoms with Crippen molar-refractivity contribution in [1.82, 2.24) is 14.5 Å². The van der Waals surface area contributed by atoms with E-state index in [1.807, 2.05) is 24.3 Å². The molecule has 0 unspecified atom stereocenters. The maximum Gasteiger partial charge on any atom is 0.262 e. The van der Waals surface area contributed by atoms with Gasteiger partial charge in [0, 0.05) is 17.3 Å². The smallest absolute Gasteiger partial charge is 0.262 e. The number of aromatic nitrogens is 3. The molecule has 6 nitrogen and oxygen atoms in total. The Morgan fingerprint density at radius 1 is 1.20 bits per heavy atom. The van der Waals surface area contributed by atoms with E-state index in [4.69, 9.17) is 4.98 Å². The number of aryl methyl sites for hydroxylation is 1. The van der Waals surface area contributed by atoms with Crippen molar-refractivity contribution in [2.45, 2.75) is 57.7 Å². The SMILES string of the molecule is CC(=O)c1c(C)[nH]c(C(=O)CSc2nc3ccccc3c(=O)n2C2CCCC2)c1C. The molecule has 4 rings (SSSR count). The Hall–Kier alpha value is -2.67. The van der Waals surface area contributed by atoms with Gasteiger partial charge in [-0.25, -0.2) is 4.98 Å². The second-order valence-corrected chi connectivity index (χ2v) is 8.86. The van der Waals surface area contributed by atoms with E-state index >= 15 is 0 Å². The molecule has 0 atom stereocenters. The number of ketones is 2. The van der Waals surface area contributed by atoms with Gasteiger partial charge in [0.15, 0.2) is 16.7 Å². The van der Waals surface area contributed by atoms with E-state index in [0.29, 0.717) is 38.6 Å². The molecule has 30 heavy (non-hydrogen) atoms. The van der Waals surface area contributed by atoms with E-state index < -0.39 is 0 Å². The van der Waals surface area contributed by atoms with Crippen LogP contribution in [0.3, 0.4) is 0 Å². The quantitative estimate of drug-likeness (QED) is 0.355. The highest BCUT2D eigenvalue weighted by Gasteiger charge is 2.25. The second-order valence-electron chi connectivity index (χ2n) is 7.92. The lowest BCUT2D eigenvalue weighted by molar-refractivity contribution is 0.101. The number of fused-ring (bicyclic) bond motifs is 1. The Kier molecular flexibility index (Phi) is 5.64. The van der Waals surface area contributed by atoms with Crippen molar-refractivity contribution in [3.8, 4) is 0 Å². The first-order chi connectivity index (χ1) is 14.4. The summed E-state index contributed by atoms with van der Waals surface area (Å²) in [4.78, 5) is 45.8. The van der Waals surface area contributed by atoms with Crippen LogP contribution in [-0.4, -0.2) is 31.9 Å². The van der Waals surface area contributed by atoms with Gasteiger partial charge >= 0.3 is 0 Å². The maximum atomic E-state index is 13.2. The zero-order valence-electron chi connectivity index (χ0n) is 17.4. The van der Waals surface area contributed by atoms with Crippen molar-refractivity contribution < 1.29 is 9.59 Å². The number of nitrogens with zero attached hydrogens (tertiary/aromatic N) is 2. The number of rotatable bonds is 6. The van der Waals surface area contributed by atoms with Crippen molar-refractivity contribution in [2.75, 3.05) is 5.75 Å². The van der Waals surface area contributed by atoms with Crippen molar-refractivity contribution >= 4 is 34.2 Å². The molecule has 0 spiro atoms. The van der Waals surface area contributed by atoms with Crippen molar-refractivity contribution in [2.24, 2.45) is 0 Å². The fraction of sp³-hybridized carbons (Fsp3) is 0.391. The number of benzene rings is 1. The standard InChI is InChI=1S/C23H25N3O3S/c1-13-20(15(3)27)14(2)24-21(13)19(28)12-30-23-25-18-11-7-6-10-17(18)22(29)26(23)16-8-4-5-9-16/h6-7,10-11,16,24H,4-5,8-9,12H2,1-3H3. The molecule has 1 saturated carbocycles. The largest absolute Gasteiger partial charge is 0.355 e. The van der Waals surface area contributed by atoms with Crippen LogP contribution in [0.2, 0.25) is 0 Å². The van der Waals surface area contributed by atoms with Gasteiger partial charge in [-0.1, -0.05) is 36.7 Å². The molecular formula is C23H25N3O3S. The number of hydrogen-bond donors (Lipinski definition) is 1. The predicted octanol–water partition coefficient (Wildman–Crippen LogP) is 4.63. The van der Waals surface area contributed by atoms with Crippen LogP contribution >= 0.6 is 11.8 Å². The minimum absolute atomic E-state index is 0.0341. The van der Waals surface area contributed by atoms with Gasteiger partial charge in [-0.05, 0) is 51.3 Å². The lowest BCUT2D eigenvalue weighted by Crippen LogP contribution is -2.26. The Balaban J connectivity index is 1.68. The summed E-state index contributed by atoms with van der Waals surface area (Å²) in [6.07, 6.45) is 4.11. The average molecular weight is 424 g/mol. The summed E-state index contributed by atoms with van der Waals surface area (Å²) in [5.41, 5.74) is 3.05. The molecular weight excluding hydrogens is 398 g/mol. The van der Waals surface area contributed by atoms with Crippen LogP contribution in [0.25, 0.3) is 10.9 Å². The zero-order valence-corrected chi connectivity index (χ0v) is 18.3. The van der Waals surface area contributed by atoms with Crippen LogP contribution in [0.5, 0.6) is 0 Å². The number of hydrogen-bond acceptors (Lipinski definition) is 5. The third-order valence-electron chi connectivity index (χ3n) is 5.87. The number of carbonyl (C=O) groups is 2. The van der Waals surface area contributed by atoms with Gasteiger partial charge in [0.1, 0.15) is 0 Å². The summed E-state index contributed by atoms with van der Waals surface area (Å²) in [5.74, 6) is -0.0111. The predicted molar refractivity (Wildman–Crippen MR) is 119 cm³/mol. The van der Waals surface area contributed by atoms with E-state index in [-0.39, 0.29) is 28.9 Å². The molecule has 0 bridgehead atoms. The van der Waals surface area contributed by atoms with Gasteiger partial charge < -0.3 is 4.98 Å². The summed E-state index contributed by atoms with van der Waals surface area (Å²) >= 11 is 1.30. The van der Waals surface area contributed by atoms with E-state index in [2.05, 4.69) is 4.98 Å². The Labute approximate surface area is 179 Å². The molecule has 1 aliphatic rings. The molecule has 3 aromatic rings. The van der Waals surface area contributed by atoms with Crippen LogP contribution in [0.1, 0.15) is 70.8 Å². The maximum absolute atomic E-state index is 13.2. The third-order valence-corrected chi connectivity index (χ3v) is 6.82. The number of Topliss-reactive ketones (excluding diaryl/α,β-unsaturated/α-hetero) is 2. The second kappa shape index (κ2) is 8.22. The summed E-state index contributed by atoms with van der Waals surface area (Å²) in [5, 5.41) is 1.20. The minimum Gasteiger partial charge on any atom is -0.355 e. The summed E-state index contributed by atoms with van der Waals surface area (Å²) in [6, 6.07) is 7.49. The van der Waals surface area contributed by atoms with Crippen LogP contribution < -0.4 is 5.56 Å². The molecule has 156 valence electrons. The van der Waals surface area contributed by atoms with E-state index in [0.717, 1.165) is 25.7 Å². The van der Waals surface area contributed by atoms with Gasteiger partial charge in [-0.3, -0.25) is 19.0 Å². The fourth-order valence-electron chi connectivity index (χ4n) is 4.47. The number of nitrogens with one attached hydrogen (secondary N) is 1. The van der Waals surface area contributed by atoms with Crippen LogP contribution in [0.4, 0.5) is 0 Å². The Morgan fingerprint density at radius 3 is 2.57 bits per heavy atom. The van der Waals surface area contributed by atoms with Crippen molar-refractivity contribution in [3.05, 3.63) is 57.1 Å². The summed E-state index contributed by atoms with van der Waals surface area (Å²) in [7, 11) is 0. The number of para-hydroxylation sites is 1. The lowest BCUT2D eigenvalue weighted by Gasteiger charge is -2.18. The molecule has 0 radical (unpaired) electrons. The summed E-state index contributed by atoms with van der Waals surface area (Å²) in [6.45, 7) is 5.10. The highest BCUT2D eigenvalue weighted by Crippen LogP contribution is 2.32. The molecule has 7 heteroatoms. The number of aromatic amines is 1. The van der Waals surface area contributed by atoms with Gasteiger partial charge in [-0.2, -0.15) is 0 Å². The van der Waals surface area contributed by atoms with Crippen molar-refractivity contribution in [3.63, 3.8) is 0 Å². The monoisotopic (exact) mass is 423 g/mol. The lowest BCUT2D eigenvalue weighted by atomic mass is 10.1. The van der Waals surface area contributed by atoms with Crippen LogP contribution in [0, 0.1) is 13.8 Å².